The minimum atomic E-state index is 0.337. The second-order valence-corrected chi connectivity index (χ2v) is 5.69. The van der Waals surface area contributed by atoms with E-state index in [1.165, 1.54) is 0 Å². The van der Waals surface area contributed by atoms with Crippen LogP contribution in [0.3, 0.4) is 0 Å². The van der Waals surface area contributed by atoms with Crippen molar-refractivity contribution in [1.29, 1.82) is 0 Å². The molecule has 0 radical (unpaired) electrons. The largest absolute Gasteiger partial charge is 0.406 e. The van der Waals surface area contributed by atoms with Crippen molar-refractivity contribution < 1.29 is 9.57 Å². The summed E-state index contributed by atoms with van der Waals surface area (Å²) in [7, 11) is 3.51. The number of hydrogen-bond acceptors (Lipinski definition) is 6. The molecule has 5 nitrogen and oxygen atoms in total. The van der Waals surface area contributed by atoms with E-state index in [2.05, 4.69) is 27.9 Å². The first-order valence-electron chi connectivity index (χ1n) is 6.87. The lowest BCUT2D eigenvalue weighted by Crippen LogP contribution is -2.20. The van der Waals surface area contributed by atoms with Crippen molar-refractivity contribution in [2.45, 2.75) is 0 Å². The van der Waals surface area contributed by atoms with Gasteiger partial charge in [-0.1, -0.05) is 0 Å². The monoisotopic (exact) mass is 315 g/mol. The van der Waals surface area contributed by atoms with Crippen LogP contribution in [0.25, 0.3) is 20.8 Å². The van der Waals surface area contributed by atoms with E-state index in [0.29, 0.717) is 6.73 Å². The molecule has 0 atom stereocenters. The molecule has 0 bridgehead atoms. The molecule has 0 spiro atoms. The number of methoxy groups -OCH3 is 1. The first-order valence-corrected chi connectivity index (χ1v) is 7.69. The summed E-state index contributed by atoms with van der Waals surface area (Å²) in [5.41, 5.74) is 5.89. The molecule has 2 N–H and O–H groups in total. The zero-order valence-electron chi connectivity index (χ0n) is 12.4. The van der Waals surface area contributed by atoms with E-state index in [4.69, 9.17) is 9.57 Å². The number of aromatic nitrogens is 1. The van der Waals surface area contributed by atoms with E-state index in [0.717, 1.165) is 32.2 Å². The summed E-state index contributed by atoms with van der Waals surface area (Å²) in [6.07, 6.45) is 0. The summed E-state index contributed by atoms with van der Waals surface area (Å²) in [6.45, 7) is 0.337. The van der Waals surface area contributed by atoms with Gasteiger partial charge in [0.1, 0.15) is 17.5 Å². The molecule has 0 unspecified atom stereocenters. The lowest BCUT2D eigenvalue weighted by atomic mass is 10.2. The molecule has 3 aromatic rings. The number of ether oxygens (including phenoxy) is 1. The van der Waals surface area contributed by atoms with Crippen LogP contribution in [0.5, 0.6) is 5.75 Å². The van der Waals surface area contributed by atoms with Crippen LogP contribution in [0.2, 0.25) is 0 Å². The Kier molecular flexibility index (Phi) is 4.53. The molecular weight excluding hydrogens is 298 g/mol. The topological polar surface area (TPSA) is 55.4 Å². The van der Waals surface area contributed by atoms with Gasteiger partial charge in [0.15, 0.2) is 0 Å². The minimum Gasteiger partial charge on any atom is -0.406 e. The van der Waals surface area contributed by atoms with Gasteiger partial charge in [-0.05, 0) is 36.4 Å². The normalized spacial score (nSPS) is 10.8. The molecule has 1 heterocycles. The minimum absolute atomic E-state index is 0.337. The van der Waals surface area contributed by atoms with Gasteiger partial charge in [-0.2, -0.15) is 0 Å². The molecule has 22 heavy (non-hydrogen) atoms. The Morgan fingerprint density at radius 2 is 1.95 bits per heavy atom. The summed E-state index contributed by atoms with van der Waals surface area (Å²) >= 11 is 1.65. The predicted octanol–water partition coefficient (Wildman–Crippen LogP) is 3.49. The van der Waals surface area contributed by atoms with Gasteiger partial charge in [0.25, 0.3) is 0 Å². The van der Waals surface area contributed by atoms with Crippen LogP contribution in [0, 0.1) is 0 Å². The van der Waals surface area contributed by atoms with Gasteiger partial charge < -0.3 is 14.9 Å². The lowest BCUT2D eigenvalue weighted by Gasteiger charge is -2.05. The maximum absolute atomic E-state index is 5.40. The number of rotatable bonds is 6. The number of thiazole rings is 1. The highest BCUT2D eigenvalue weighted by Gasteiger charge is 2.07. The van der Waals surface area contributed by atoms with Crippen molar-refractivity contribution in [3.8, 4) is 16.3 Å². The van der Waals surface area contributed by atoms with Crippen LogP contribution in [0.4, 0.5) is 5.69 Å². The molecule has 114 valence electrons. The Morgan fingerprint density at radius 3 is 2.68 bits per heavy atom. The Balaban J connectivity index is 1.85. The van der Waals surface area contributed by atoms with Gasteiger partial charge in [-0.3, -0.25) is 0 Å². The summed E-state index contributed by atoms with van der Waals surface area (Å²) in [5.74, 6) is 0.741. The van der Waals surface area contributed by atoms with E-state index in [-0.39, 0.29) is 0 Å². The highest BCUT2D eigenvalue weighted by Crippen LogP contribution is 2.32. The second-order valence-electron chi connectivity index (χ2n) is 4.66. The average Bonchev–Trinajstić information content (AvgIpc) is 2.98. The summed E-state index contributed by atoms with van der Waals surface area (Å²) < 4.78 is 5.97. The molecule has 1 aromatic heterocycles. The maximum Gasteiger partial charge on any atom is 0.148 e. The van der Waals surface area contributed by atoms with Crippen LogP contribution in [-0.4, -0.2) is 25.9 Å². The van der Waals surface area contributed by atoms with Crippen molar-refractivity contribution in [2.75, 3.05) is 26.2 Å². The molecular formula is C16H17N3O2S. The predicted molar refractivity (Wildman–Crippen MR) is 90.2 cm³/mol. The molecule has 0 amide bonds. The second kappa shape index (κ2) is 6.74. The number of anilines is 1. The molecule has 0 saturated heterocycles. The molecule has 0 fully saturated rings. The Labute approximate surface area is 132 Å². The summed E-state index contributed by atoms with van der Waals surface area (Å²) in [5, 5.41) is 4.11. The van der Waals surface area contributed by atoms with Gasteiger partial charge in [0.05, 0.1) is 10.2 Å². The number of benzene rings is 2. The zero-order valence-corrected chi connectivity index (χ0v) is 13.2. The lowest BCUT2D eigenvalue weighted by molar-refractivity contribution is 0.0681. The van der Waals surface area contributed by atoms with E-state index >= 15 is 0 Å². The van der Waals surface area contributed by atoms with Crippen LogP contribution in [-0.2, 0) is 4.74 Å². The Bertz CT molecular complexity index is 756. The molecule has 0 aliphatic heterocycles. The Morgan fingerprint density at radius 1 is 1.14 bits per heavy atom. The third kappa shape index (κ3) is 3.19. The van der Waals surface area contributed by atoms with Crippen molar-refractivity contribution in [2.24, 2.45) is 0 Å². The van der Waals surface area contributed by atoms with Gasteiger partial charge >= 0.3 is 0 Å². The van der Waals surface area contributed by atoms with E-state index in [9.17, 15) is 0 Å². The van der Waals surface area contributed by atoms with Gasteiger partial charge in [-0.15, -0.1) is 16.8 Å². The van der Waals surface area contributed by atoms with Crippen LogP contribution in [0.1, 0.15) is 0 Å². The van der Waals surface area contributed by atoms with Crippen molar-refractivity contribution in [3.05, 3.63) is 42.5 Å². The number of hydrogen-bond donors (Lipinski definition) is 2. The molecule has 0 aliphatic carbocycles. The van der Waals surface area contributed by atoms with Gasteiger partial charge in [-0.25, -0.2) is 4.98 Å². The molecule has 0 saturated carbocycles. The summed E-state index contributed by atoms with van der Waals surface area (Å²) in [4.78, 5) is 10.1. The van der Waals surface area contributed by atoms with E-state index in [1.54, 1.807) is 18.4 Å². The fourth-order valence-electron chi connectivity index (χ4n) is 2.04. The summed E-state index contributed by atoms with van der Waals surface area (Å²) in [6, 6.07) is 14.1. The first-order chi connectivity index (χ1) is 10.8. The molecule has 2 aromatic carbocycles. The smallest absolute Gasteiger partial charge is 0.148 e. The number of nitrogens with one attached hydrogen (secondary N) is 2. The zero-order chi connectivity index (χ0) is 15.4. The quantitative estimate of drug-likeness (QED) is 0.414. The van der Waals surface area contributed by atoms with Crippen molar-refractivity contribution >= 4 is 27.2 Å². The van der Waals surface area contributed by atoms with Crippen LogP contribution < -0.4 is 15.6 Å². The SMILES string of the molecule is CNc1ccc(-c2nc3ccc(ONCOC)cc3s2)cc1. The van der Waals surface area contributed by atoms with Crippen LogP contribution >= 0.6 is 11.3 Å². The third-order valence-corrected chi connectivity index (χ3v) is 4.24. The maximum atomic E-state index is 5.40. The van der Waals surface area contributed by atoms with E-state index in [1.807, 2.05) is 37.4 Å². The highest BCUT2D eigenvalue weighted by molar-refractivity contribution is 7.21. The highest BCUT2D eigenvalue weighted by atomic mass is 32.1. The molecule has 6 heteroatoms. The standard InChI is InChI=1S/C16H17N3O2S/c1-17-12-5-3-11(4-6-12)16-19-14-8-7-13(9-15(14)22-16)21-18-10-20-2/h3-9,17-18H,10H2,1-2H3. The molecule has 0 aliphatic rings. The number of fused-ring (bicyclic) bond motifs is 1. The van der Waals surface area contributed by atoms with Gasteiger partial charge in [0, 0.05) is 31.5 Å². The fraction of sp³-hybridized carbons (Fsp3) is 0.188. The average molecular weight is 315 g/mol. The first kappa shape index (κ1) is 14.8. The van der Waals surface area contributed by atoms with Crippen LogP contribution in [0.15, 0.2) is 42.5 Å². The molecule has 3 rings (SSSR count). The fourth-order valence-corrected chi connectivity index (χ4v) is 3.04. The Hall–Kier alpha value is -2.15. The third-order valence-electron chi connectivity index (χ3n) is 3.17. The number of hydroxylamine groups is 1. The van der Waals surface area contributed by atoms with Crippen molar-refractivity contribution in [3.63, 3.8) is 0 Å². The van der Waals surface area contributed by atoms with Gasteiger partial charge in [0.2, 0.25) is 0 Å². The number of nitrogens with zero attached hydrogens (tertiary/aromatic N) is 1. The van der Waals surface area contributed by atoms with Crippen molar-refractivity contribution in [1.82, 2.24) is 10.5 Å². The van der Waals surface area contributed by atoms with E-state index < -0.39 is 0 Å².